The number of imidazole rings is 1. The van der Waals surface area contributed by atoms with Crippen molar-refractivity contribution in [2.24, 2.45) is 17.8 Å². The van der Waals surface area contributed by atoms with Crippen molar-refractivity contribution in [1.82, 2.24) is 19.4 Å². The summed E-state index contributed by atoms with van der Waals surface area (Å²) in [4.78, 5) is 22.2. The minimum absolute atomic E-state index is 0.147. The molecule has 218 valence electrons. The monoisotopic (exact) mass is 546 g/mol. The number of aromatic nitrogens is 2. The van der Waals surface area contributed by atoms with Crippen LogP contribution in [0.5, 0.6) is 0 Å². The standard InChI is InChI=1S/C34H50N4O2/c1-23-13-14-27-19-29(20-32(23)37(27)28-17-24-8-2-3-9-25(16-24)18-28)38-31-12-5-4-11-30(31)35-33(38)21-26-10-6-7-15-36(26)22-34(39)40/h4-5,11-12,23-29,32H,2-3,6-10,13-22H2,1H3,(H,39,40)/t23-,24-,25+,26-,27+,28?,29-,32+/m0/s1. The molecule has 5 aliphatic rings. The van der Waals surface area contributed by atoms with E-state index in [-0.39, 0.29) is 12.6 Å². The maximum absolute atomic E-state index is 11.6. The van der Waals surface area contributed by atoms with Crippen molar-refractivity contribution in [3.05, 3.63) is 30.1 Å². The Balaban J connectivity index is 1.18. The molecule has 3 saturated heterocycles. The average molecular weight is 547 g/mol. The number of likely N-dealkylation sites (tertiary alicyclic amines) is 1. The van der Waals surface area contributed by atoms with Gasteiger partial charge >= 0.3 is 5.97 Å². The number of fused-ring (bicyclic) bond motifs is 5. The summed E-state index contributed by atoms with van der Waals surface area (Å²) < 4.78 is 2.64. The summed E-state index contributed by atoms with van der Waals surface area (Å²) in [5.74, 6) is 3.17. The van der Waals surface area contributed by atoms with Crippen molar-refractivity contribution in [2.45, 2.75) is 133 Å². The van der Waals surface area contributed by atoms with Crippen LogP contribution in [0.1, 0.15) is 109 Å². The van der Waals surface area contributed by atoms with Crippen molar-refractivity contribution < 1.29 is 9.90 Å². The van der Waals surface area contributed by atoms with Crippen LogP contribution in [0.15, 0.2) is 24.3 Å². The van der Waals surface area contributed by atoms with Crippen LogP contribution < -0.4 is 0 Å². The Morgan fingerprint density at radius 2 is 1.65 bits per heavy atom. The van der Waals surface area contributed by atoms with Crippen LogP contribution in [0.4, 0.5) is 0 Å². The molecule has 3 aliphatic heterocycles. The highest BCUT2D eigenvalue weighted by Gasteiger charge is 2.47. The third-order valence-corrected chi connectivity index (χ3v) is 11.8. The van der Waals surface area contributed by atoms with Crippen molar-refractivity contribution in [3.63, 3.8) is 0 Å². The van der Waals surface area contributed by atoms with Gasteiger partial charge in [-0.3, -0.25) is 14.6 Å². The van der Waals surface area contributed by atoms with Gasteiger partial charge < -0.3 is 9.67 Å². The molecule has 8 atom stereocenters. The molecule has 0 radical (unpaired) electrons. The molecule has 1 aromatic carbocycles. The van der Waals surface area contributed by atoms with E-state index >= 15 is 0 Å². The number of para-hydroxylation sites is 2. The average Bonchev–Trinajstić information content (AvgIpc) is 3.22. The van der Waals surface area contributed by atoms with E-state index in [2.05, 4.69) is 45.6 Å². The molecule has 7 rings (SSSR count). The number of nitrogens with zero attached hydrogens (tertiary/aromatic N) is 4. The number of carboxylic acid groups (broad SMARTS) is 1. The van der Waals surface area contributed by atoms with Gasteiger partial charge in [0.05, 0.1) is 17.6 Å². The van der Waals surface area contributed by atoms with Gasteiger partial charge in [-0.15, -0.1) is 0 Å². The van der Waals surface area contributed by atoms with E-state index in [4.69, 9.17) is 4.98 Å². The Bertz CT molecular complexity index is 1180. The summed E-state index contributed by atoms with van der Waals surface area (Å²) in [5.41, 5.74) is 2.39. The van der Waals surface area contributed by atoms with E-state index in [1.807, 2.05) is 0 Å². The second-order valence-electron chi connectivity index (χ2n) is 14.3. The smallest absolute Gasteiger partial charge is 0.317 e. The Kier molecular flexibility index (Phi) is 7.68. The van der Waals surface area contributed by atoms with Gasteiger partial charge in [0.15, 0.2) is 0 Å². The fourth-order valence-corrected chi connectivity index (χ4v) is 10.1. The molecular formula is C34H50N4O2. The predicted molar refractivity (Wildman–Crippen MR) is 159 cm³/mol. The van der Waals surface area contributed by atoms with Gasteiger partial charge in [-0.1, -0.05) is 51.2 Å². The molecule has 1 aromatic heterocycles. The Morgan fingerprint density at radius 3 is 2.45 bits per heavy atom. The first-order valence-electron chi connectivity index (χ1n) is 16.7. The van der Waals surface area contributed by atoms with Gasteiger partial charge in [-0.25, -0.2) is 4.98 Å². The second-order valence-corrected chi connectivity index (χ2v) is 14.3. The number of benzene rings is 1. The first kappa shape index (κ1) is 26.9. The molecule has 0 amide bonds. The van der Waals surface area contributed by atoms with E-state index in [0.29, 0.717) is 18.1 Å². The molecular weight excluding hydrogens is 496 g/mol. The van der Waals surface area contributed by atoms with Crippen LogP contribution >= 0.6 is 0 Å². The number of piperidine rings is 3. The first-order chi connectivity index (χ1) is 19.5. The quantitative estimate of drug-likeness (QED) is 0.438. The summed E-state index contributed by atoms with van der Waals surface area (Å²) in [6, 6.07) is 11.7. The highest BCUT2D eigenvalue weighted by atomic mass is 16.4. The summed E-state index contributed by atoms with van der Waals surface area (Å²) >= 11 is 0. The molecule has 2 saturated carbocycles. The maximum Gasteiger partial charge on any atom is 0.317 e. The molecule has 6 nitrogen and oxygen atoms in total. The van der Waals surface area contributed by atoms with Crippen molar-refractivity contribution in [1.29, 1.82) is 0 Å². The number of hydrogen-bond donors (Lipinski definition) is 1. The van der Waals surface area contributed by atoms with Gasteiger partial charge in [0, 0.05) is 36.6 Å². The zero-order valence-corrected chi connectivity index (χ0v) is 24.6. The minimum Gasteiger partial charge on any atom is -0.480 e. The van der Waals surface area contributed by atoms with E-state index in [9.17, 15) is 9.90 Å². The zero-order chi connectivity index (χ0) is 27.2. The predicted octanol–water partition coefficient (Wildman–Crippen LogP) is 6.68. The van der Waals surface area contributed by atoms with Gasteiger partial charge in [-0.05, 0) is 94.2 Å². The van der Waals surface area contributed by atoms with Crippen LogP contribution in [0, 0.1) is 17.8 Å². The SMILES string of the molecule is C[C@H]1CC[C@@H]2C[C@H](n3c(C[C@@H]4CCCCN4CC(=O)O)nc4ccccc43)C[C@H]1N2C1C[C@H]2CCCC[C@@H](C1)C2. The summed E-state index contributed by atoms with van der Waals surface area (Å²) in [7, 11) is 0. The molecule has 1 N–H and O–H groups in total. The zero-order valence-electron chi connectivity index (χ0n) is 24.6. The third-order valence-electron chi connectivity index (χ3n) is 11.8. The number of rotatable bonds is 6. The lowest BCUT2D eigenvalue weighted by molar-refractivity contribution is -0.139. The number of aliphatic carboxylic acids is 1. The van der Waals surface area contributed by atoms with Gasteiger partial charge in [-0.2, -0.15) is 0 Å². The summed E-state index contributed by atoms with van der Waals surface area (Å²) in [5, 5.41) is 9.57. The molecule has 0 spiro atoms. The molecule has 4 heterocycles. The fourth-order valence-electron chi connectivity index (χ4n) is 10.1. The lowest BCUT2D eigenvalue weighted by atomic mass is 9.71. The van der Waals surface area contributed by atoms with E-state index in [1.165, 1.54) is 88.4 Å². The van der Waals surface area contributed by atoms with Crippen molar-refractivity contribution >= 4 is 17.0 Å². The van der Waals surface area contributed by atoms with Gasteiger partial charge in [0.1, 0.15) is 5.82 Å². The van der Waals surface area contributed by atoms with Crippen LogP contribution in [0.2, 0.25) is 0 Å². The van der Waals surface area contributed by atoms with Gasteiger partial charge in [0.25, 0.3) is 0 Å². The van der Waals surface area contributed by atoms with Gasteiger partial charge in [0.2, 0.25) is 0 Å². The Morgan fingerprint density at radius 1 is 0.875 bits per heavy atom. The molecule has 2 aromatic rings. The van der Waals surface area contributed by atoms with Crippen molar-refractivity contribution in [3.8, 4) is 0 Å². The fraction of sp³-hybridized carbons (Fsp3) is 0.765. The second kappa shape index (κ2) is 11.4. The molecule has 40 heavy (non-hydrogen) atoms. The topological polar surface area (TPSA) is 61.6 Å². The highest BCUT2D eigenvalue weighted by Crippen LogP contribution is 2.49. The van der Waals surface area contributed by atoms with Crippen LogP contribution in [-0.2, 0) is 11.2 Å². The van der Waals surface area contributed by atoms with Crippen molar-refractivity contribution in [2.75, 3.05) is 13.1 Å². The number of carbonyl (C=O) groups is 1. The van der Waals surface area contributed by atoms with E-state index in [1.54, 1.807) is 0 Å². The first-order valence-corrected chi connectivity index (χ1v) is 16.7. The molecule has 1 unspecified atom stereocenters. The molecule has 6 heteroatoms. The Hall–Kier alpha value is -1.92. The number of hydrogen-bond acceptors (Lipinski definition) is 4. The van der Waals surface area contributed by atoms with Crippen LogP contribution in [-0.4, -0.2) is 67.7 Å². The summed E-state index contributed by atoms with van der Waals surface area (Å²) in [6.45, 7) is 3.57. The molecule has 5 fully saturated rings. The minimum atomic E-state index is -0.711. The lowest BCUT2D eigenvalue weighted by Crippen LogP contribution is -2.60. The Labute approximate surface area is 240 Å². The lowest BCUT2D eigenvalue weighted by Gasteiger charge is -2.56. The normalized spacial score (nSPS) is 37.3. The van der Waals surface area contributed by atoms with E-state index in [0.717, 1.165) is 55.1 Å². The highest BCUT2D eigenvalue weighted by molar-refractivity contribution is 5.76. The molecule has 2 aliphatic carbocycles. The van der Waals surface area contributed by atoms with E-state index < -0.39 is 5.97 Å². The molecule has 4 bridgehead atoms. The largest absolute Gasteiger partial charge is 0.480 e. The van der Waals surface area contributed by atoms with Crippen LogP contribution in [0.25, 0.3) is 11.0 Å². The summed E-state index contributed by atoms with van der Waals surface area (Å²) in [6.07, 6.45) is 19.7. The number of carboxylic acids is 1. The third kappa shape index (κ3) is 5.24. The maximum atomic E-state index is 11.6. The van der Waals surface area contributed by atoms with Crippen LogP contribution in [0.3, 0.4) is 0 Å².